The zero-order chi connectivity index (χ0) is 11.5. The summed E-state index contributed by atoms with van der Waals surface area (Å²) in [4.78, 5) is 11.7. The molecule has 0 spiro atoms. The lowest BCUT2D eigenvalue weighted by Gasteiger charge is -2.21. The van der Waals surface area contributed by atoms with E-state index in [0.717, 1.165) is 0 Å². The first-order chi connectivity index (χ1) is 6.95. The average Bonchev–Trinajstić information content (AvgIpc) is 2.17. The molecule has 0 saturated carbocycles. The second-order valence-electron chi connectivity index (χ2n) is 4.09. The molecule has 0 aliphatic heterocycles. The summed E-state index contributed by atoms with van der Waals surface area (Å²) in [5.41, 5.74) is 5.45. The minimum Gasteiger partial charge on any atom is -0.508 e. The number of hydrogen-bond acceptors (Lipinski definition) is 3. The Balaban J connectivity index is 0.00000225. The largest absolute Gasteiger partial charge is 0.508 e. The first kappa shape index (κ1) is 14.7. The second kappa shape index (κ2) is 5.72. The molecule has 0 heterocycles. The van der Waals surface area contributed by atoms with Crippen molar-refractivity contribution in [3.05, 3.63) is 24.3 Å². The van der Waals surface area contributed by atoms with Gasteiger partial charge in [0.1, 0.15) is 5.75 Å². The maximum atomic E-state index is 11.7. The van der Waals surface area contributed by atoms with E-state index in [2.05, 4.69) is 5.32 Å². The number of nitrogens with one attached hydrogen (secondary N) is 1. The van der Waals surface area contributed by atoms with Crippen LogP contribution in [0.4, 0.5) is 5.69 Å². The van der Waals surface area contributed by atoms with Gasteiger partial charge in [-0.1, -0.05) is 6.07 Å². The Kier molecular flexibility index (Phi) is 5.27. The summed E-state index contributed by atoms with van der Waals surface area (Å²) in [5, 5.41) is 11.9. The number of hydrogen-bond donors (Lipinski definition) is 3. The molecule has 1 aromatic carbocycles. The molecule has 0 radical (unpaired) electrons. The molecular formula is C11H17ClN2O2. The Morgan fingerprint density at radius 2 is 2.12 bits per heavy atom. The molecule has 0 aliphatic carbocycles. The fourth-order valence-electron chi connectivity index (χ4n) is 0.977. The molecule has 0 saturated heterocycles. The standard InChI is InChI=1S/C11H16N2O2.ClH/c1-11(2,7-12)10(15)13-8-4-3-5-9(14)6-8;/h3-6,14H,7,12H2,1-2H3,(H,13,15);1H. The molecule has 0 fully saturated rings. The van der Waals surface area contributed by atoms with Gasteiger partial charge in [-0.15, -0.1) is 12.4 Å². The van der Waals surface area contributed by atoms with Crippen LogP contribution in [0.5, 0.6) is 5.75 Å². The summed E-state index contributed by atoms with van der Waals surface area (Å²) in [5.74, 6) is -0.0334. The van der Waals surface area contributed by atoms with E-state index >= 15 is 0 Å². The van der Waals surface area contributed by atoms with Gasteiger partial charge in [-0.25, -0.2) is 0 Å². The van der Waals surface area contributed by atoms with E-state index in [1.54, 1.807) is 32.0 Å². The molecule has 1 rings (SSSR count). The number of benzene rings is 1. The molecule has 0 aliphatic rings. The molecule has 90 valence electrons. The lowest BCUT2D eigenvalue weighted by molar-refractivity contribution is -0.123. The van der Waals surface area contributed by atoms with E-state index in [0.29, 0.717) is 5.69 Å². The fraction of sp³-hybridized carbons (Fsp3) is 0.364. The van der Waals surface area contributed by atoms with Gasteiger partial charge in [0.05, 0.1) is 5.41 Å². The van der Waals surface area contributed by atoms with Crippen molar-refractivity contribution >= 4 is 24.0 Å². The number of nitrogens with two attached hydrogens (primary N) is 1. The van der Waals surface area contributed by atoms with Crippen LogP contribution < -0.4 is 11.1 Å². The van der Waals surface area contributed by atoms with E-state index in [1.165, 1.54) is 6.07 Å². The third kappa shape index (κ3) is 3.72. The van der Waals surface area contributed by atoms with Gasteiger partial charge in [-0.05, 0) is 26.0 Å². The molecule has 16 heavy (non-hydrogen) atoms. The Labute approximate surface area is 101 Å². The predicted molar refractivity (Wildman–Crippen MR) is 66.8 cm³/mol. The Morgan fingerprint density at radius 1 is 1.50 bits per heavy atom. The van der Waals surface area contributed by atoms with Crippen molar-refractivity contribution < 1.29 is 9.90 Å². The smallest absolute Gasteiger partial charge is 0.231 e. The molecule has 1 amide bonds. The SMILES string of the molecule is CC(C)(CN)C(=O)Nc1cccc(O)c1.Cl. The minimum atomic E-state index is -0.606. The highest BCUT2D eigenvalue weighted by Crippen LogP contribution is 2.19. The normalized spacial score (nSPS) is 10.4. The average molecular weight is 245 g/mol. The van der Waals surface area contributed by atoms with E-state index in [9.17, 15) is 9.90 Å². The van der Waals surface area contributed by atoms with Crippen molar-refractivity contribution in [1.82, 2.24) is 0 Å². The molecule has 4 nitrogen and oxygen atoms in total. The van der Waals surface area contributed by atoms with Gasteiger partial charge in [0.2, 0.25) is 5.91 Å². The Morgan fingerprint density at radius 3 is 2.62 bits per heavy atom. The van der Waals surface area contributed by atoms with Crippen molar-refractivity contribution in [2.45, 2.75) is 13.8 Å². The summed E-state index contributed by atoms with van der Waals surface area (Å²) < 4.78 is 0. The molecule has 0 aromatic heterocycles. The highest BCUT2D eigenvalue weighted by molar-refractivity contribution is 5.95. The van der Waals surface area contributed by atoms with Crippen LogP contribution in [0.3, 0.4) is 0 Å². The van der Waals surface area contributed by atoms with Gasteiger partial charge in [0, 0.05) is 18.3 Å². The molecule has 0 bridgehead atoms. The van der Waals surface area contributed by atoms with Crippen LogP contribution in [0.2, 0.25) is 0 Å². The predicted octanol–water partition coefficient (Wildman–Crippen LogP) is 1.74. The van der Waals surface area contributed by atoms with E-state index in [4.69, 9.17) is 5.73 Å². The van der Waals surface area contributed by atoms with Crippen LogP contribution in [0.15, 0.2) is 24.3 Å². The number of halogens is 1. The van der Waals surface area contributed by atoms with E-state index < -0.39 is 5.41 Å². The Hall–Kier alpha value is -1.26. The molecule has 0 atom stereocenters. The van der Waals surface area contributed by atoms with Gasteiger partial charge < -0.3 is 16.2 Å². The number of anilines is 1. The van der Waals surface area contributed by atoms with Gasteiger partial charge in [-0.2, -0.15) is 0 Å². The van der Waals surface area contributed by atoms with Crippen LogP contribution >= 0.6 is 12.4 Å². The van der Waals surface area contributed by atoms with E-state index in [-0.39, 0.29) is 30.6 Å². The van der Waals surface area contributed by atoms with Crippen LogP contribution in [0.25, 0.3) is 0 Å². The highest BCUT2D eigenvalue weighted by Gasteiger charge is 2.25. The van der Waals surface area contributed by atoms with Crippen LogP contribution in [0.1, 0.15) is 13.8 Å². The number of aromatic hydroxyl groups is 1. The third-order valence-electron chi connectivity index (χ3n) is 2.23. The highest BCUT2D eigenvalue weighted by atomic mass is 35.5. The monoisotopic (exact) mass is 244 g/mol. The summed E-state index contributed by atoms with van der Waals surface area (Å²) >= 11 is 0. The van der Waals surface area contributed by atoms with Crippen molar-refractivity contribution in [3.63, 3.8) is 0 Å². The molecule has 4 N–H and O–H groups in total. The minimum absolute atomic E-state index is 0. The molecule has 5 heteroatoms. The summed E-state index contributed by atoms with van der Waals surface area (Å²) in [7, 11) is 0. The van der Waals surface area contributed by atoms with Crippen molar-refractivity contribution in [3.8, 4) is 5.75 Å². The first-order valence-electron chi connectivity index (χ1n) is 4.76. The first-order valence-corrected chi connectivity index (χ1v) is 4.76. The number of phenolic OH excluding ortho intramolecular Hbond substituents is 1. The van der Waals surface area contributed by atoms with Crippen LogP contribution in [-0.4, -0.2) is 17.6 Å². The topological polar surface area (TPSA) is 75.4 Å². The van der Waals surface area contributed by atoms with Crippen molar-refractivity contribution in [2.75, 3.05) is 11.9 Å². The molecule has 0 unspecified atom stereocenters. The van der Waals surface area contributed by atoms with Gasteiger partial charge in [-0.3, -0.25) is 4.79 Å². The number of amides is 1. The number of phenols is 1. The quantitative estimate of drug-likeness (QED) is 0.758. The number of rotatable bonds is 3. The zero-order valence-corrected chi connectivity index (χ0v) is 10.2. The van der Waals surface area contributed by atoms with Crippen molar-refractivity contribution in [2.24, 2.45) is 11.1 Å². The summed E-state index contributed by atoms with van der Waals surface area (Å²) in [6.07, 6.45) is 0. The summed E-state index contributed by atoms with van der Waals surface area (Å²) in [6.45, 7) is 3.81. The maximum Gasteiger partial charge on any atom is 0.231 e. The summed E-state index contributed by atoms with van der Waals surface area (Å²) in [6, 6.07) is 6.42. The molecule has 1 aromatic rings. The Bertz CT molecular complexity index is 367. The molecular weight excluding hydrogens is 228 g/mol. The lowest BCUT2D eigenvalue weighted by Crippen LogP contribution is -2.37. The van der Waals surface area contributed by atoms with Crippen LogP contribution in [-0.2, 0) is 4.79 Å². The number of carbonyl (C=O) groups is 1. The maximum absolute atomic E-state index is 11.7. The zero-order valence-electron chi connectivity index (χ0n) is 9.36. The third-order valence-corrected chi connectivity index (χ3v) is 2.23. The fourth-order valence-corrected chi connectivity index (χ4v) is 0.977. The van der Waals surface area contributed by atoms with Gasteiger partial charge in [0.25, 0.3) is 0 Å². The van der Waals surface area contributed by atoms with Gasteiger partial charge in [0.15, 0.2) is 0 Å². The van der Waals surface area contributed by atoms with Crippen LogP contribution in [0, 0.1) is 5.41 Å². The number of carbonyl (C=O) groups excluding carboxylic acids is 1. The lowest BCUT2D eigenvalue weighted by atomic mass is 9.92. The van der Waals surface area contributed by atoms with E-state index in [1.807, 2.05) is 0 Å². The second-order valence-corrected chi connectivity index (χ2v) is 4.09. The van der Waals surface area contributed by atoms with Gasteiger partial charge >= 0.3 is 0 Å². The van der Waals surface area contributed by atoms with Crippen molar-refractivity contribution in [1.29, 1.82) is 0 Å².